The monoisotopic (exact) mass is 155 g/mol. The van der Waals surface area contributed by atoms with Gasteiger partial charge in [0.1, 0.15) is 0 Å². The first-order valence-corrected chi connectivity index (χ1v) is 4.29. The molecule has 0 aliphatic carbocycles. The van der Waals surface area contributed by atoms with Crippen LogP contribution in [0.25, 0.3) is 0 Å². The Morgan fingerprint density at radius 3 is 1.91 bits per heavy atom. The molecule has 0 radical (unpaired) electrons. The van der Waals surface area contributed by atoms with Gasteiger partial charge in [-0.25, -0.2) is 0 Å². The van der Waals surface area contributed by atoms with Gasteiger partial charge in [-0.1, -0.05) is 19.4 Å². The van der Waals surface area contributed by atoms with Gasteiger partial charge in [0.25, 0.3) is 0 Å². The van der Waals surface area contributed by atoms with E-state index in [9.17, 15) is 0 Å². The lowest BCUT2D eigenvalue weighted by atomic mass is 10.3. The Kier molecular flexibility index (Phi) is 11.1. The van der Waals surface area contributed by atoms with E-state index in [1.807, 2.05) is 26.1 Å². The first kappa shape index (κ1) is 13.0. The van der Waals surface area contributed by atoms with Crippen LogP contribution in [0, 0.1) is 0 Å². The molecule has 66 valence electrons. The van der Waals surface area contributed by atoms with Gasteiger partial charge < -0.3 is 0 Å². The van der Waals surface area contributed by atoms with Crippen LogP contribution in [-0.2, 0) is 0 Å². The maximum absolute atomic E-state index is 4.16. The van der Waals surface area contributed by atoms with Crippen molar-refractivity contribution in [2.45, 2.75) is 47.6 Å². The summed E-state index contributed by atoms with van der Waals surface area (Å²) in [5.41, 5.74) is 1.29. The highest BCUT2D eigenvalue weighted by atomic mass is 14.7. The zero-order valence-corrected chi connectivity index (χ0v) is 8.68. The lowest BCUT2D eigenvalue weighted by Crippen LogP contribution is -1.86. The zero-order chi connectivity index (χ0) is 9.28. The molecule has 0 rings (SSSR count). The van der Waals surface area contributed by atoms with Crippen molar-refractivity contribution in [2.24, 2.45) is 4.99 Å². The van der Waals surface area contributed by atoms with E-state index in [-0.39, 0.29) is 0 Å². The Morgan fingerprint density at radius 2 is 1.64 bits per heavy atom. The first-order valence-electron chi connectivity index (χ1n) is 4.29. The molecule has 0 heterocycles. The van der Waals surface area contributed by atoms with Gasteiger partial charge in [-0.3, -0.25) is 4.99 Å². The van der Waals surface area contributed by atoms with Gasteiger partial charge in [-0.05, 0) is 33.8 Å². The number of hydrogen-bond acceptors (Lipinski definition) is 1. The van der Waals surface area contributed by atoms with E-state index in [1.165, 1.54) is 5.57 Å². The van der Waals surface area contributed by atoms with E-state index in [1.54, 1.807) is 0 Å². The van der Waals surface area contributed by atoms with E-state index in [2.05, 4.69) is 32.7 Å². The maximum atomic E-state index is 4.16. The molecular weight excluding hydrogens is 134 g/mol. The molecule has 0 aromatic carbocycles. The van der Waals surface area contributed by atoms with Crippen molar-refractivity contribution >= 4 is 6.21 Å². The summed E-state index contributed by atoms with van der Waals surface area (Å²) in [5.74, 6) is 0. The zero-order valence-electron chi connectivity index (χ0n) is 8.68. The molecule has 0 spiro atoms. The van der Waals surface area contributed by atoms with Crippen molar-refractivity contribution in [1.29, 1.82) is 0 Å². The highest BCUT2D eigenvalue weighted by Gasteiger charge is 1.79. The van der Waals surface area contributed by atoms with E-state index < -0.39 is 0 Å². The molecule has 0 aromatic heterocycles. The highest BCUT2D eigenvalue weighted by Crippen LogP contribution is 1.87. The summed E-state index contributed by atoms with van der Waals surface area (Å²) in [5, 5.41) is 0. The molecule has 11 heavy (non-hydrogen) atoms. The summed E-state index contributed by atoms with van der Waals surface area (Å²) >= 11 is 0. The smallest absolute Gasteiger partial charge is 0.0443 e. The fourth-order valence-corrected chi connectivity index (χ4v) is 0.364. The summed E-state index contributed by atoms with van der Waals surface area (Å²) in [7, 11) is 0. The molecule has 0 amide bonds. The summed E-state index contributed by atoms with van der Waals surface area (Å²) in [4.78, 5) is 4.16. The number of allylic oxidation sites excluding steroid dienone is 2. The molecule has 0 aromatic rings. The minimum Gasteiger partial charge on any atom is -0.290 e. The van der Waals surface area contributed by atoms with Crippen molar-refractivity contribution < 1.29 is 0 Å². The molecule has 0 aliphatic rings. The number of aliphatic imine (C=N–C) groups is 1. The second-order valence-corrected chi connectivity index (χ2v) is 2.64. The first-order chi connectivity index (χ1) is 5.13. The molecule has 0 saturated carbocycles. The second-order valence-electron chi connectivity index (χ2n) is 2.64. The second kappa shape index (κ2) is 9.41. The summed E-state index contributed by atoms with van der Waals surface area (Å²) in [6, 6.07) is 0.417. The van der Waals surface area contributed by atoms with Gasteiger partial charge in [0.2, 0.25) is 0 Å². The summed E-state index contributed by atoms with van der Waals surface area (Å²) in [6.07, 6.45) is 3.88. The van der Waals surface area contributed by atoms with Gasteiger partial charge in [-0.15, -0.1) is 0 Å². The van der Waals surface area contributed by atoms with Crippen LogP contribution in [0.15, 0.2) is 16.6 Å². The van der Waals surface area contributed by atoms with Crippen molar-refractivity contribution in [3.05, 3.63) is 11.6 Å². The van der Waals surface area contributed by atoms with E-state index in [0.29, 0.717) is 6.04 Å². The van der Waals surface area contributed by atoms with Crippen LogP contribution in [0.2, 0.25) is 0 Å². The third-order valence-electron chi connectivity index (χ3n) is 0.792. The molecule has 1 heteroatoms. The van der Waals surface area contributed by atoms with E-state index >= 15 is 0 Å². The Labute approximate surface area is 71.2 Å². The van der Waals surface area contributed by atoms with Crippen LogP contribution in [0.4, 0.5) is 0 Å². The van der Waals surface area contributed by atoms with Crippen LogP contribution < -0.4 is 0 Å². The molecule has 0 unspecified atom stereocenters. The summed E-state index contributed by atoms with van der Waals surface area (Å²) in [6.45, 7) is 12.3. The molecule has 1 nitrogen and oxygen atoms in total. The van der Waals surface area contributed by atoms with Gasteiger partial charge in [0.05, 0.1) is 0 Å². The average molecular weight is 155 g/mol. The minimum absolute atomic E-state index is 0.417. The normalized spacial score (nSPS) is 9.36. The highest BCUT2D eigenvalue weighted by molar-refractivity contribution is 5.71. The summed E-state index contributed by atoms with van der Waals surface area (Å²) < 4.78 is 0. The molecule has 0 fully saturated rings. The average Bonchev–Trinajstić information content (AvgIpc) is 1.90. The Balaban J connectivity index is 0. The third-order valence-corrected chi connectivity index (χ3v) is 0.792. The molecule has 0 atom stereocenters. The van der Waals surface area contributed by atoms with Crippen molar-refractivity contribution in [2.75, 3.05) is 0 Å². The number of hydrogen-bond donors (Lipinski definition) is 0. The Hall–Kier alpha value is -0.590. The van der Waals surface area contributed by atoms with Gasteiger partial charge in [0, 0.05) is 12.3 Å². The Morgan fingerprint density at radius 1 is 1.18 bits per heavy atom. The van der Waals surface area contributed by atoms with Crippen LogP contribution in [0.1, 0.15) is 41.5 Å². The molecule has 0 saturated heterocycles. The predicted molar refractivity (Wildman–Crippen MR) is 54.4 cm³/mol. The topological polar surface area (TPSA) is 12.4 Å². The maximum Gasteiger partial charge on any atom is 0.0443 e. The van der Waals surface area contributed by atoms with Gasteiger partial charge in [-0.2, -0.15) is 0 Å². The Bertz CT molecular complexity index is 117. The van der Waals surface area contributed by atoms with Crippen LogP contribution in [0.3, 0.4) is 0 Å². The SMILES string of the molecule is CC.CC(C)=CC=NC(C)C. The quantitative estimate of drug-likeness (QED) is 0.541. The third kappa shape index (κ3) is 17.7. The van der Waals surface area contributed by atoms with Gasteiger partial charge >= 0.3 is 0 Å². The molecule has 0 N–H and O–H groups in total. The molecule has 0 aliphatic heterocycles. The van der Waals surface area contributed by atoms with Gasteiger partial charge in [0.15, 0.2) is 0 Å². The van der Waals surface area contributed by atoms with E-state index in [4.69, 9.17) is 0 Å². The largest absolute Gasteiger partial charge is 0.290 e. The number of nitrogens with zero attached hydrogens (tertiary/aromatic N) is 1. The predicted octanol–water partition coefficient (Wildman–Crippen LogP) is 3.46. The van der Waals surface area contributed by atoms with Crippen LogP contribution in [0.5, 0.6) is 0 Å². The minimum atomic E-state index is 0.417. The fraction of sp³-hybridized carbons (Fsp3) is 0.700. The molecular formula is C10H21N. The van der Waals surface area contributed by atoms with Crippen molar-refractivity contribution in [3.8, 4) is 0 Å². The fourth-order valence-electron chi connectivity index (χ4n) is 0.364. The lowest BCUT2D eigenvalue weighted by Gasteiger charge is -1.90. The van der Waals surface area contributed by atoms with Crippen LogP contribution in [-0.4, -0.2) is 12.3 Å². The molecule has 0 bridgehead atoms. The lowest BCUT2D eigenvalue weighted by molar-refractivity contribution is 0.841. The number of rotatable bonds is 2. The van der Waals surface area contributed by atoms with Crippen LogP contribution >= 0.6 is 0 Å². The van der Waals surface area contributed by atoms with E-state index in [0.717, 1.165) is 0 Å². The van der Waals surface area contributed by atoms with Crippen molar-refractivity contribution in [1.82, 2.24) is 0 Å². The standard InChI is InChI=1S/C8H15N.C2H6/c1-7(2)5-6-9-8(3)4;1-2/h5-6,8H,1-4H3;1-2H3. The van der Waals surface area contributed by atoms with Crippen molar-refractivity contribution in [3.63, 3.8) is 0 Å².